The smallest absolute Gasteiger partial charge is 0.126 e. The third-order valence-corrected chi connectivity index (χ3v) is 5.63. The van der Waals surface area contributed by atoms with Crippen LogP contribution in [0.25, 0.3) is 26.9 Å². The average Bonchev–Trinajstić information content (AvgIpc) is 2.85. The Kier molecular flexibility index (Phi) is 4.17. The molecule has 0 atom stereocenters. The fourth-order valence-electron chi connectivity index (χ4n) is 2.85. The van der Waals surface area contributed by atoms with Gasteiger partial charge in [0.2, 0.25) is 0 Å². The van der Waals surface area contributed by atoms with E-state index in [1.54, 1.807) is 11.3 Å². The molecule has 0 bridgehead atoms. The minimum atomic E-state index is 0.908. The topological polar surface area (TPSA) is 25.8 Å². The second-order valence-electron chi connectivity index (χ2n) is 5.65. The molecule has 0 amide bonds. The van der Waals surface area contributed by atoms with Gasteiger partial charge in [-0.05, 0) is 30.4 Å². The fourth-order valence-corrected chi connectivity index (χ4v) is 4.12. The van der Waals surface area contributed by atoms with Crippen molar-refractivity contribution in [1.29, 1.82) is 0 Å². The summed E-state index contributed by atoms with van der Waals surface area (Å²) in [6, 6.07) is 8.33. The molecule has 0 fully saturated rings. The van der Waals surface area contributed by atoms with Crippen LogP contribution in [-0.4, -0.2) is 9.97 Å². The number of rotatable bonds is 2. The van der Waals surface area contributed by atoms with Crippen molar-refractivity contribution in [2.24, 2.45) is 0 Å². The molecule has 0 saturated carbocycles. The third-order valence-electron chi connectivity index (χ3n) is 4.04. The van der Waals surface area contributed by atoms with Gasteiger partial charge in [-0.25, -0.2) is 4.98 Å². The van der Waals surface area contributed by atoms with Crippen LogP contribution in [0.15, 0.2) is 65.4 Å². The Bertz CT molecular complexity index is 1010. The summed E-state index contributed by atoms with van der Waals surface area (Å²) >= 11 is 5.27. The molecule has 2 aromatic heterocycles. The lowest BCUT2D eigenvalue weighted by Gasteiger charge is -2.02. The molecule has 1 aromatic carbocycles. The van der Waals surface area contributed by atoms with E-state index in [4.69, 9.17) is 4.98 Å². The molecule has 118 valence electrons. The van der Waals surface area contributed by atoms with Gasteiger partial charge in [0.1, 0.15) is 5.01 Å². The monoisotopic (exact) mass is 394 g/mol. The van der Waals surface area contributed by atoms with Gasteiger partial charge in [0, 0.05) is 32.7 Å². The van der Waals surface area contributed by atoms with E-state index in [1.807, 2.05) is 18.5 Å². The zero-order valence-corrected chi connectivity index (χ0v) is 15.6. The first-order chi connectivity index (χ1) is 11.7. The van der Waals surface area contributed by atoms with Crippen molar-refractivity contribution in [2.45, 2.75) is 13.3 Å². The first-order valence-corrected chi connectivity index (χ1v) is 9.38. The van der Waals surface area contributed by atoms with Gasteiger partial charge in [-0.2, -0.15) is 0 Å². The van der Waals surface area contributed by atoms with Crippen LogP contribution in [0, 0.1) is 6.92 Å². The van der Waals surface area contributed by atoms with Gasteiger partial charge < -0.3 is 0 Å². The molecule has 0 spiro atoms. The van der Waals surface area contributed by atoms with E-state index in [2.05, 4.69) is 70.3 Å². The molecular formula is C20H15BrN2S. The van der Waals surface area contributed by atoms with E-state index in [1.165, 1.54) is 15.8 Å². The Morgan fingerprint density at radius 1 is 1.08 bits per heavy atom. The van der Waals surface area contributed by atoms with E-state index >= 15 is 0 Å². The van der Waals surface area contributed by atoms with Crippen LogP contribution in [0.2, 0.25) is 0 Å². The lowest BCUT2D eigenvalue weighted by atomic mass is 10.1. The molecule has 0 N–H and O–H groups in total. The first kappa shape index (κ1) is 15.5. The number of aromatic nitrogens is 2. The summed E-state index contributed by atoms with van der Waals surface area (Å²) in [7, 11) is 0. The lowest BCUT2D eigenvalue weighted by molar-refractivity contribution is 1.29. The summed E-state index contributed by atoms with van der Waals surface area (Å²) < 4.78 is 1.11. The van der Waals surface area contributed by atoms with Crippen LogP contribution in [-0.2, 0) is 0 Å². The molecule has 2 nitrogen and oxygen atoms in total. The van der Waals surface area contributed by atoms with Gasteiger partial charge in [-0.1, -0.05) is 58.4 Å². The minimum absolute atomic E-state index is 0.908. The largest absolute Gasteiger partial charge is 0.263 e. The number of thiazole rings is 1. The molecule has 0 aliphatic heterocycles. The third kappa shape index (κ3) is 2.87. The van der Waals surface area contributed by atoms with Crippen molar-refractivity contribution < 1.29 is 0 Å². The van der Waals surface area contributed by atoms with Crippen molar-refractivity contribution in [3.8, 4) is 10.6 Å². The summed E-state index contributed by atoms with van der Waals surface area (Å²) in [6.07, 6.45) is 13.3. The molecule has 4 heteroatoms. The number of allylic oxidation sites excluding steroid dienone is 6. The van der Waals surface area contributed by atoms with Crippen molar-refractivity contribution in [3.05, 3.63) is 76.0 Å². The van der Waals surface area contributed by atoms with Crippen LogP contribution in [0.1, 0.15) is 17.0 Å². The van der Waals surface area contributed by atoms with Crippen molar-refractivity contribution in [2.75, 3.05) is 0 Å². The number of benzene rings is 1. The van der Waals surface area contributed by atoms with Crippen molar-refractivity contribution in [1.82, 2.24) is 9.97 Å². The maximum absolute atomic E-state index is 4.94. The minimum Gasteiger partial charge on any atom is -0.263 e. The SMILES string of the molecule is Cc1sc(-c2cncc3ccccc23)nc1C1=CCC=C(Br)C=C1. The van der Waals surface area contributed by atoms with Crippen LogP contribution in [0.5, 0.6) is 0 Å². The predicted octanol–water partition coefficient (Wildman–Crippen LogP) is 6.29. The van der Waals surface area contributed by atoms with Gasteiger partial charge in [0.05, 0.1) is 5.69 Å². The molecule has 3 aromatic rings. The van der Waals surface area contributed by atoms with Crippen LogP contribution >= 0.6 is 27.3 Å². The lowest BCUT2D eigenvalue weighted by Crippen LogP contribution is -1.86. The zero-order valence-electron chi connectivity index (χ0n) is 13.2. The number of pyridine rings is 1. The van der Waals surface area contributed by atoms with E-state index in [9.17, 15) is 0 Å². The second kappa shape index (κ2) is 6.46. The maximum Gasteiger partial charge on any atom is 0.126 e. The van der Waals surface area contributed by atoms with Crippen LogP contribution in [0.3, 0.4) is 0 Å². The average molecular weight is 395 g/mol. The number of hydrogen-bond acceptors (Lipinski definition) is 3. The zero-order chi connectivity index (χ0) is 16.5. The summed E-state index contributed by atoms with van der Waals surface area (Å²) in [6.45, 7) is 2.14. The van der Waals surface area contributed by atoms with Gasteiger partial charge in [0.15, 0.2) is 0 Å². The summed E-state index contributed by atoms with van der Waals surface area (Å²) in [5.41, 5.74) is 3.34. The number of aryl methyl sites for hydroxylation is 1. The van der Waals surface area contributed by atoms with Gasteiger partial charge in [-0.3, -0.25) is 4.98 Å². The Balaban J connectivity index is 1.82. The predicted molar refractivity (Wildman–Crippen MR) is 106 cm³/mol. The summed E-state index contributed by atoms with van der Waals surface area (Å²) in [5.74, 6) is 0. The Hall–Kier alpha value is -2.04. The Morgan fingerprint density at radius 3 is 2.88 bits per heavy atom. The highest BCUT2D eigenvalue weighted by atomic mass is 79.9. The van der Waals surface area contributed by atoms with E-state index in [-0.39, 0.29) is 0 Å². The number of fused-ring (bicyclic) bond motifs is 1. The standard InChI is InChI=1S/C20H15BrN2S/c1-13-19(14-6-4-7-16(21)10-9-14)23-20(24-13)18-12-22-11-15-5-2-3-8-17(15)18/h2-3,5-12H,4H2,1H3. The molecule has 1 aliphatic carbocycles. The van der Waals surface area contributed by atoms with Gasteiger partial charge >= 0.3 is 0 Å². The van der Waals surface area contributed by atoms with Crippen LogP contribution < -0.4 is 0 Å². The molecule has 0 unspecified atom stereocenters. The highest BCUT2D eigenvalue weighted by Crippen LogP contribution is 2.35. The normalized spacial score (nSPS) is 14.4. The summed E-state index contributed by atoms with van der Waals surface area (Å²) in [5, 5.41) is 3.37. The van der Waals surface area contributed by atoms with Gasteiger partial charge in [-0.15, -0.1) is 11.3 Å². The Labute approximate surface area is 153 Å². The number of nitrogens with zero attached hydrogens (tertiary/aromatic N) is 2. The fraction of sp³-hybridized carbons (Fsp3) is 0.100. The van der Waals surface area contributed by atoms with E-state index < -0.39 is 0 Å². The highest BCUT2D eigenvalue weighted by Gasteiger charge is 2.14. The Morgan fingerprint density at radius 2 is 1.96 bits per heavy atom. The second-order valence-corrected chi connectivity index (χ2v) is 7.77. The molecule has 0 saturated heterocycles. The molecule has 4 rings (SSSR count). The quantitative estimate of drug-likeness (QED) is 0.510. The summed E-state index contributed by atoms with van der Waals surface area (Å²) in [4.78, 5) is 10.6. The van der Waals surface area contributed by atoms with Crippen molar-refractivity contribution >= 4 is 43.6 Å². The highest BCUT2D eigenvalue weighted by molar-refractivity contribution is 9.11. The first-order valence-electron chi connectivity index (χ1n) is 7.77. The van der Waals surface area contributed by atoms with E-state index in [0.717, 1.165) is 32.6 Å². The van der Waals surface area contributed by atoms with Gasteiger partial charge in [0.25, 0.3) is 0 Å². The molecule has 24 heavy (non-hydrogen) atoms. The van der Waals surface area contributed by atoms with E-state index in [0.29, 0.717) is 0 Å². The molecule has 1 aliphatic rings. The molecular weight excluding hydrogens is 380 g/mol. The van der Waals surface area contributed by atoms with Crippen molar-refractivity contribution in [3.63, 3.8) is 0 Å². The number of halogens is 1. The number of hydrogen-bond donors (Lipinski definition) is 0. The van der Waals surface area contributed by atoms with Crippen LogP contribution in [0.4, 0.5) is 0 Å². The molecule has 0 radical (unpaired) electrons. The molecule has 2 heterocycles. The maximum atomic E-state index is 4.94.